The van der Waals surface area contributed by atoms with Crippen molar-refractivity contribution in [2.24, 2.45) is 69.8 Å². The lowest BCUT2D eigenvalue weighted by Crippen LogP contribution is -2.58. The van der Waals surface area contributed by atoms with Crippen LogP contribution < -0.4 is 11.1 Å². The number of allylic oxidation sites excluding steroid dienone is 14. The van der Waals surface area contributed by atoms with Crippen molar-refractivity contribution in [1.29, 1.82) is 0 Å². The highest BCUT2D eigenvalue weighted by Crippen LogP contribution is 2.78. The minimum Gasteiger partial charge on any atom is -0.402 e. The van der Waals surface area contributed by atoms with Crippen LogP contribution in [0.4, 0.5) is 0 Å². The summed E-state index contributed by atoms with van der Waals surface area (Å²) in [4.78, 5) is 0. The first-order valence-electron chi connectivity index (χ1n) is 23.6. The largest absolute Gasteiger partial charge is 0.402 e. The molecule has 0 aliphatic heterocycles. The van der Waals surface area contributed by atoms with Crippen LogP contribution in [0, 0.1) is 64.1 Å². The summed E-state index contributed by atoms with van der Waals surface area (Å²) in [7, 11) is 0. The molecule has 2 spiro atoms. The quantitative estimate of drug-likeness (QED) is 0.203. The van der Waals surface area contributed by atoms with Crippen molar-refractivity contribution in [2.45, 2.75) is 161 Å². The van der Waals surface area contributed by atoms with Gasteiger partial charge in [-0.1, -0.05) is 129 Å². The van der Waals surface area contributed by atoms with Crippen molar-refractivity contribution >= 4 is 0 Å². The Morgan fingerprint density at radius 1 is 0.815 bits per heavy atom. The average molecular weight is 725 g/mol. The van der Waals surface area contributed by atoms with Crippen LogP contribution >= 0.6 is 0 Å². The van der Waals surface area contributed by atoms with Crippen LogP contribution in [0.5, 0.6) is 0 Å². The summed E-state index contributed by atoms with van der Waals surface area (Å²) in [6.07, 6.45) is 53.8. The van der Waals surface area contributed by atoms with Crippen molar-refractivity contribution in [2.75, 3.05) is 0 Å². The SMILES string of the molecule is CCCCCC1CC2(C3=C1C=CCC3)C1=C(CCC(NC3CC=CCC3[C@@H]3C=C(N)CCC3)C1)C1(C3=CC=CCC3C3CCCCC31)C1CC=CC(C)C12. The minimum atomic E-state index is 0.243. The van der Waals surface area contributed by atoms with E-state index in [0.717, 1.165) is 47.6 Å². The van der Waals surface area contributed by atoms with Gasteiger partial charge in [-0.05, 0) is 162 Å². The van der Waals surface area contributed by atoms with E-state index in [1.807, 2.05) is 27.9 Å². The number of nitrogens with two attached hydrogens (primary N) is 1. The van der Waals surface area contributed by atoms with Gasteiger partial charge in [-0.25, -0.2) is 0 Å². The van der Waals surface area contributed by atoms with E-state index in [2.05, 4.69) is 79.9 Å². The van der Waals surface area contributed by atoms with E-state index in [-0.39, 0.29) is 10.8 Å². The Morgan fingerprint density at radius 3 is 2.63 bits per heavy atom. The summed E-state index contributed by atoms with van der Waals surface area (Å²) < 4.78 is 0. The number of fused-ring (bicyclic) bond motifs is 11. The zero-order valence-electron chi connectivity index (χ0n) is 34.1. The van der Waals surface area contributed by atoms with Crippen LogP contribution in [0.25, 0.3) is 0 Å². The Kier molecular flexibility index (Phi) is 9.72. The third-order valence-electron chi connectivity index (χ3n) is 18.0. The molecule has 10 aliphatic carbocycles. The number of hydrogen-bond donors (Lipinski definition) is 2. The molecule has 0 aromatic carbocycles. The van der Waals surface area contributed by atoms with Crippen LogP contribution in [-0.2, 0) is 0 Å². The smallest absolute Gasteiger partial charge is 0.0195 e. The van der Waals surface area contributed by atoms with Crippen molar-refractivity contribution in [3.63, 3.8) is 0 Å². The van der Waals surface area contributed by atoms with E-state index in [4.69, 9.17) is 5.73 Å². The topological polar surface area (TPSA) is 38.0 Å². The molecule has 2 nitrogen and oxygen atoms in total. The highest BCUT2D eigenvalue weighted by atomic mass is 15.0. The molecule has 2 heteroatoms. The molecule has 12 unspecified atom stereocenters. The van der Waals surface area contributed by atoms with Gasteiger partial charge < -0.3 is 11.1 Å². The monoisotopic (exact) mass is 725 g/mol. The second kappa shape index (κ2) is 14.6. The lowest BCUT2D eigenvalue weighted by atomic mass is 9.39. The summed E-state index contributed by atoms with van der Waals surface area (Å²) in [5.41, 5.74) is 17.9. The van der Waals surface area contributed by atoms with Gasteiger partial charge in [-0.15, -0.1) is 0 Å². The Hall–Kier alpha value is -2.32. The summed E-state index contributed by atoms with van der Waals surface area (Å²) in [5, 5.41) is 4.53. The maximum absolute atomic E-state index is 6.51. The first-order valence-corrected chi connectivity index (χ1v) is 23.6. The molecular weight excluding hydrogens is 653 g/mol. The molecule has 0 heterocycles. The Bertz CT molecular complexity index is 1710. The zero-order chi connectivity index (χ0) is 36.4. The minimum absolute atomic E-state index is 0.243. The summed E-state index contributed by atoms with van der Waals surface area (Å²) in [6.45, 7) is 5.07. The average Bonchev–Trinajstić information content (AvgIpc) is 3.69. The zero-order valence-corrected chi connectivity index (χ0v) is 34.1. The normalized spacial score (nSPS) is 44.9. The van der Waals surface area contributed by atoms with Crippen molar-refractivity contribution in [1.82, 2.24) is 5.32 Å². The molecule has 2 fully saturated rings. The predicted molar refractivity (Wildman–Crippen MR) is 226 cm³/mol. The molecule has 54 heavy (non-hydrogen) atoms. The van der Waals surface area contributed by atoms with E-state index in [0.29, 0.717) is 29.8 Å². The first kappa shape index (κ1) is 36.0. The highest BCUT2D eigenvalue weighted by molar-refractivity contribution is 5.57. The van der Waals surface area contributed by atoms with Gasteiger partial charge in [0, 0.05) is 28.6 Å². The fraction of sp³-hybridized carbons (Fsp3) is 0.692. The third kappa shape index (κ3) is 5.47. The standard InChI is InChI=1S/C52H72N2/c1-3-4-5-17-36-33-51(43-24-10-6-20-39(36)43)48-32-38(54-49-28-13-9-21-40(49)35-18-15-19-37(53)31-35)29-30-46(48)52(47-27-14-16-34(2)50(47)51)44-25-11-7-22-41(44)42-23-8-12-26-45(42)52/h6-7,9,11,13-14,16,20,25,31,34-36,38,40-42,45,47,49-50,54H,3-5,8,10,12,15,17-19,21-24,26-30,32-33,53H2,1-2H3/t34?,35-,36?,38?,40?,41?,42?,45?,47?,49?,50?,51?,52?/m0/s1. The molecule has 10 rings (SSSR count). The van der Waals surface area contributed by atoms with Crippen molar-refractivity contribution < 1.29 is 0 Å². The predicted octanol–water partition coefficient (Wildman–Crippen LogP) is 12.8. The first-order chi connectivity index (χ1) is 26.6. The van der Waals surface area contributed by atoms with Crippen LogP contribution in [-0.4, -0.2) is 12.1 Å². The molecule has 2 saturated carbocycles. The lowest BCUT2D eigenvalue weighted by molar-refractivity contribution is -0.0164. The second-order valence-corrected chi connectivity index (χ2v) is 20.3. The van der Waals surface area contributed by atoms with Crippen LogP contribution in [0.1, 0.15) is 149 Å². The maximum Gasteiger partial charge on any atom is 0.0195 e. The van der Waals surface area contributed by atoms with Gasteiger partial charge in [0.25, 0.3) is 0 Å². The summed E-state index contributed by atoms with van der Waals surface area (Å²) >= 11 is 0. The molecule has 3 N–H and O–H groups in total. The fourth-order valence-corrected chi connectivity index (χ4v) is 16.4. The number of nitrogens with one attached hydrogen (secondary N) is 1. The summed E-state index contributed by atoms with van der Waals surface area (Å²) in [5.74, 6) is 6.67. The van der Waals surface area contributed by atoms with Gasteiger partial charge >= 0.3 is 0 Å². The highest BCUT2D eigenvalue weighted by Gasteiger charge is 2.70. The van der Waals surface area contributed by atoms with Crippen molar-refractivity contribution in [3.05, 3.63) is 94.3 Å². The maximum atomic E-state index is 6.51. The third-order valence-corrected chi connectivity index (χ3v) is 18.0. The van der Waals surface area contributed by atoms with Gasteiger partial charge in [0.05, 0.1) is 0 Å². The second-order valence-electron chi connectivity index (χ2n) is 20.3. The fourth-order valence-electron chi connectivity index (χ4n) is 16.4. The molecule has 0 amide bonds. The lowest BCUT2D eigenvalue weighted by Gasteiger charge is -2.64. The van der Waals surface area contributed by atoms with Crippen molar-refractivity contribution in [3.8, 4) is 0 Å². The number of unbranched alkanes of at least 4 members (excludes halogenated alkanes) is 2. The Labute approximate surface area is 329 Å². The van der Waals surface area contributed by atoms with Crippen LogP contribution in [0.2, 0.25) is 0 Å². The number of hydrogen-bond acceptors (Lipinski definition) is 2. The Morgan fingerprint density at radius 2 is 1.72 bits per heavy atom. The van der Waals surface area contributed by atoms with E-state index in [1.165, 1.54) is 128 Å². The molecule has 13 atom stereocenters. The van der Waals surface area contributed by atoms with Gasteiger partial charge in [-0.3, -0.25) is 0 Å². The molecular formula is C52H72N2. The summed E-state index contributed by atoms with van der Waals surface area (Å²) in [6, 6.07) is 1.14. The molecule has 290 valence electrons. The molecule has 0 aromatic heterocycles. The van der Waals surface area contributed by atoms with Gasteiger partial charge in [0.15, 0.2) is 0 Å². The Balaban J connectivity index is 1.13. The van der Waals surface area contributed by atoms with Gasteiger partial charge in [0.2, 0.25) is 0 Å². The van der Waals surface area contributed by atoms with Crippen LogP contribution in [0.15, 0.2) is 94.3 Å². The molecule has 0 saturated heterocycles. The van der Waals surface area contributed by atoms with Gasteiger partial charge in [-0.2, -0.15) is 0 Å². The molecule has 0 radical (unpaired) electrons. The molecule has 0 bridgehead atoms. The van der Waals surface area contributed by atoms with E-state index in [1.54, 1.807) is 0 Å². The number of rotatable bonds is 7. The molecule has 0 aromatic rings. The van der Waals surface area contributed by atoms with Crippen LogP contribution in [0.3, 0.4) is 0 Å². The van der Waals surface area contributed by atoms with E-state index < -0.39 is 0 Å². The molecule has 10 aliphatic rings. The van der Waals surface area contributed by atoms with E-state index >= 15 is 0 Å². The van der Waals surface area contributed by atoms with Gasteiger partial charge in [0.1, 0.15) is 0 Å². The van der Waals surface area contributed by atoms with E-state index in [9.17, 15) is 0 Å².